The first kappa shape index (κ1) is 17.7. The number of aliphatic hydroxyl groups excluding tert-OH is 2. The van der Waals surface area contributed by atoms with Gasteiger partial charge in [-0.25, -0.2) is 4.79 Å². The summed E-state index contributed by atoms with van der Waals surface area (Å²) in [5.74, 6) is -11.1. The highest BCUT2D eigenvalue weighted by molar-refractivity contribution is 6.66. The van der Waals surface area contributed by atoms with Crippen LogP contribution in [0.3, 0.4) is 0 Å². The summed E-state index contributed by atoms with van der Waals surface area (Å²) in [5, 5.41) is 17.3. The van der Waals surface area contributed by atoms with Crippen LogP contribution in [0.1, 0.15) is 13.8 Å². The number of rotatable bonds is 7. The summed E-state index contributed by atoms with van der Waals surface area (Å²) in [4.78, 5) is 67.0. The third-order valence-corrected chi connectivity index (χ3v) is 2.09. The quantitative estimate of drug-likeness (QED) is 0.290. The maximum Gasteiger partial charge on any atom is 0.345 e. The molecule has 0 saturated carbocycles. The van der Waals surface area contributed by atoms with Gasteiger partial charge in [-0.05, 0) is 6.92 Å². The van der Waals surface area contributed by atoms with Crippen LogP contribution in [-0.4, -0.2) is 58.0 Å². The minimum atomic E-state index is -2.26. The minimum absolute atomic E-state index is 0.767. The molecule has 110 valence electrons. The standard InChI is InChI=1S/C11H12O9/c1-4(13)7(9(17)8(16)5(2)14)11(19)20-10(18)6(15)3-12/h6-7,12,15H,3H2,1-2H3. The molecule has 0 fully saturated rings. The van der Waals surface area contributed by atoms with Crippen molar-refractivity contribution >= 4 is 35.1 Å². The monoisotopic (exact) mass is 288 g/mol. The largest absolute Gasteiger partial charge is 0.393 e. The molecule has 0 rings (SSSR count). The topological polar surface area (TPSA) is 152 Å². The predicted octanol–water partition coefficient (Wildman–Crippen LogP) is -2.66. The number of hydrogen-bond acceptors (Lipinski definition) is 9. The van der Waals surface area contributed by atoms with Crippen LogP contribution in [0.2, 0.25) is 0 Å². The molecule has 0 aliphatic carbocycles. The lowest BCUT2D eigenvalue weighted by atomic mass is 9.95. The number of ketones is 4. The fourth-order valence-corrected chi connectivity index (χ4v) is 1.06. The fourth-order valence-electron chi connectivity index (χ4n) is 1.06. The Morgan fingerprint density at radius 3 is 1.85 bits per heavy atom. The van der Waals surface area contributed by atoms with Crippen molar-refractivity contribution in [3.63, 3.8) is 0 Å². The molecule has 0 aromatic rings. The van der Waals surface area contributed by atoms with Crippen LogP contribution in [0, 0.1) is 5.92 Å². The predicted molar refractivity (Wildman–Crippen MR) is 59.1 cm³/mol. The summed E-state index contributed by atoms with van der Waals surface area (Å²) in [6, 6.07) is 0. The number of Topliss-reactive ketones (excluding diaryl/α,β-unsaturated/α-hetero) is 4. The van der Waals surface area contributed by atoms with Crippen molar-refractivity contribution in [3.05, 3.63) is 0 Å². The lowest BCUT2D eigenvalue weighted by molar-refractivity contribution is -0.171. The van der Waals surface area contributed by atoms with E-state index < -0.39 is 53.7 Å². The number of carbonyl (C=O) groups is 6. The van der Waals surface area contributed by atoms with Gasteiger partial charge in [0.15, 0.2) is 17.8 Å². The van der Waals surface area contributed by atoms with Crippen LogP contribution < -0.4 is 0 Å². The van der Waals surface area contributed by atoms with Gasteiger partial charge in [-0.3, -0.25) is 24.0 Å². The summed E-state index contributed by atoms with van der Waals surface area (Å²) in [7, 11) is 0. The molecule has 0 aliphatic heterocycles. The summed E-state index contributed by atoms with van der Waals surface area (Å²) < 4.78 is 3.98. The van der Waals surface area contributed by atoms with Crippen molar-refractivity contribution in [2.75, 3.05) is 6.61 Å². The van der Waals surface area contributed by atoms with Gasteiger partial charge in [-0.2, -0.15) is 0 Å². The number of esters is 2. The summed E-state index contributed by atoms with van der Waals surface area (Å²) >= 11 is 0. The average Bonchev–Trinajstić information content (AvgIpc) is 2.35. The highest BCUT2D eigenvalue weighted by Gasteiger charge is 2.39. The van der Waals surface area contributed by atoms with Gasteiger partial charge in [0.25, 0.3) is 5.78 Å². The van der Waals surface area contributed by atoms with Crippen molar-refractivity contribution in [2.45, 2.75) is 20.0 Å². The van der Waals surface area contributed by atoms with Gasteiger partial charge >= 0.3 is 11.9 Å². The Balaban J connectivity index is 5.12. The van der Waals surface area contributed by atoms with E-state index in [9.17, 15) is 28.8 Å². The van der Waals surface area contributed by atoms with Crippen LogP contribution >= 0.6 is 0 Å². The van der Waals surface area contributed by atoms with Gasteiger partial charge in [0.2, 0.25) is 11.6 Å². The average molecular weight is 288 g/mol. The molecular weight excluding hydrogens is 276 g/mol. The van der Waals surface area contributed by atoms with Crippen molar-refractivity contribution in [1.82, 2.24) is 0 Å². The molecule has 0 amide bonds. The number of ether oxygens (including phenoxy) is 1. The van der Waals surface area contributed by atoms with Gasteiger partial charge in [-0.15, -0.1) is 0 Å². The van der Waals surface area contributed by atoms with E-state index in [2.05, 4.69) is 4.74 Å². The molecule has 9 heteroatoms. The van der Waals surface area contributed by atoms with Crippen LogP contribution in [-0.2, 0) is 33.5 Å². The SMILES string of the molecule is CC(=O)C(=O)C(=O)C(C(C)=O)C(=O)OC(=O)C(O)CO. The number of aliphatic hydroxyl groups is 2. The second-order valence-electron chi connectivity index (χ2n) is 3.73. The molecule has 0 spiro atoms. The van der Waals surface area contributed by atoms with E-state index in [1.807, 2.05) is 0 Å². The molecule has 2 N–H and O–H groups in total. The molecule has 0 bridgehead atoms. The van der Waals surface area contributed by atoms with Crippen LogP contribution in [0.4, 0.5) is 0 Å². The molecule has 0 aromatic carbocycles. The summed E-state index contributed by atoms with van der Waals surface area (Å²) in [6.45, 7) is 0.505. The fraction of sp³-hybridized carbons (Fsp3) is 0.455. The number of carbonyl (C=O) groups excluding carboxylic acids is 6. The minimum Gasteiger partial charge on any atom is -0.393 e. The second-order valence-corrected chi connectivity index (χ2v) is 3.73. The first-order chi connectivity index (χ1) is 9.13. The summed E-state index contributed by atoms with van der Waals surface area (Å²) in [6.07, 6.45) is -2.04. The highest BCUT2D eigenvalue weighted by Crippen LogP contribution is 2.07. The summed E-state index contributed by atoms with van der Waals surface area (Å²) in [5.41, 5.74) is 0. The van der Waals surface area contributed by atoms with Crippen LogP contribution in [0.15, 0.2) is 0 Å². The van der Waals surface area contributed by atoms with Gasteiger partial charge < -0.3 is 14.9 Å². The Hall–Kier alpha value is -2.26. The zero-order valence-corrected chi connectivity index (χ0v) is 10.6. The van der Waals surface area contributed by atoms with Crippen LogP contribution in [0.25, 0.3) is 0 Å². The lowest BCUT2D eigenvalue weighted by Gasteiger charge is -2.11. The molecule has 0 radical (unpaired) electrons. The molecular formula is C11H12O9. The van der Waals surface area contributed by atoms with E-state index >= 15 is 0 Å². The van der Waals surface area contributed by atoms with E-state index in [1.54, 1.807) is 0 Å². The molecule has 0 aromatic heterocycles. The Kier molecular flexibility index (Phi) is 6.53. The van der Waals surface area contributed by atoms with Gasteiger partial charge in [0, 0.05) is 6.92 Å². The zero-order valence-electron chi connectivity index (χ0n) is 10.6. The molecule has 0 saturated heterocycles. The molecule has 20 heavy (non-hydrogen) atoms. The molecule has 0 aliphatic rings. The number of hydrogen-bond donors (Lipinski definition) is 2. The Morgan fingerprint density at radius 2 is 1.50 bits per heavy atom. The molecule has 0 heterocycles. The molecule has 2 atom stereocenters. The first-order valence-electron chi connectivity index (χ1n) is 5.27. The third-order valence-electron chi connectivity index (χ3n) is 2.09. The maximum absolute atomic E-state index is 11.5. The Labute approximate surface area is 112 Å². The van der Waals surface area contributed by atoms with Crippen LogP contribution in [0.5, 0.6) is 0 Å². The van der Waals surface area contributed by atoms with Crippen molar-refractivity contribution in [3.8, 4) is 0 Å². The lowest BCUT2D eigenvalue weighted by Crippen LogP contribution is -2.41. The molecule has 9 nitrogen and oxygen atoms in total. The van der Waals surface area contributed by atoms with Gasteiger partial charge in [0.05, 0.1) is 6.61 Å². The smallest absolute Gasteiger partial charge is 0.345 e. The van der Waals surface area contributed by atoms with E-state index in [0.29, 0.717) is 0 Å². The van der Waals surface area contributed by atoms with E-state index in [0.717, 1.165) is 13.8 Å². The zero-order chi connectivity index (χ0) is 16.0. The highest BCUT2D eigenvalue weighted by atomic mass is 16.6. The third kappa shape index (κ3) is 4.44. The Morgan fingerprint density at radius 1 is 1.00 bits per heavy atom. The van der Waals surface area contributed by atoms with E-state index in [1.165, 1.54) is 0 Å². The Bertz CT molecular complexity index is 476. The normalized spacial score (nSPS) is 13.0. The maximum atomic E-state index is 11.5. The van der Waals surface area contributed by atoms with Gasteiger partial charge in [0.1, 0.15) is 0 Å². The van der Waals surface area contributed by atoms with E-state index in [4.69, 9.17) is 10.2 Å². The second kappa shape index (κ2) is 7.36. The van der Waals surface area contributed by atoms with E-state index in [-0.39, 0.29) is 0 Å². The van der Waals surface area contributed by atoms with Crippen molar-refractivity contribution in [2.24, 2.45) is 5.92 Å². The molecule has 2 unspecified atom stereocenters. The van der Waals surface area contributed by atoms with Crippen molar-refractivity contribution < 1.29 is 43.7 Å². The van der Waals surface area contributed by atoms with Crippen molar-refractivity contribution in [1.29, 1.82) is 0 Å². The first-order valence-corrected chi connectivity index (χ1v) is 5.27. The van der Waals surface area contributed by atoms with Gasteiger partial charge in [-0.1, -0.05) is 0 Å².